The molecular weight excluding hydrogens is 320 g/mol. The Balaban J connectivity index is 1.76. The van der Waals surface area contributed by atoms with Crippen molar-refractivity contribution in [2.24, 2.45) is 0 Å². The Morgan fingerprint density at radius 2 is 1.44 bits per heavy atom. The van der Waals surface area contributed by atoms with Crippen LogP contribution in [0.25, 0.3) is 0 Å². The average molecular weight is 336 g/mol. The minimum absolute atomic E-state index is 0.0720. The molecule has 1 unspecified atom stereocenters. The maximum Gasteiger partial charge on any atom is 0.262 e. The van der Waals surface area contributed by atoms with Crippen LogP contribution in [0.4, 0.5) is 5.69 Å². The smallest absolute Gasteiger partial charge is 0.262 e. The van der Waals surface area contributed by atoms with E-state index in [0.717, 1.165) is 4.90 Å². The lowest BCUT2D eigenvalue weighted by atomic mass is 10.1. The third kappa shape index (κ3) is 2.94. The highest BCUT2D eigenvalue weighted by atomic mass is 16.2. The normalized spacial score (nSPS) is 14.2. The highest BCUT2D eigenvalue weighted by Gasteiger charge is 2.40. The van der Waals surface area contributed by atoms with E-state index in [9.17, 15) is 19.2 Å². The van der Waals surface area contributed by atoms with Gasteiger partial charge in [0.2, 0.25) is 5.91 Å². The first-order chi connectivity index (χ1) is 11.9. The number of benzene rings is 2. The summed E-state index contributed by atoms with van der Waals surface area (Å²) in [6.07, 6.45) is 0. The zero-order valence-electron chi connectivity index (χ0n) is 13.8. The van der Waals surface area contributed by atoms with E-state index < -0.39 is 23.8 Å². The number of carbonyl (C=O) groups is 4. The summed E-state index contributed by atoms with van der Waals surface area (Å²) in [5.41, 5.74) is 1.63. The number of hydrogen-bond donors (Lipinski definition) is 1. The van der Waals surface area contributed by atoms with Crippen LogP contribution < -0.4 is 5.32 Å². The summed E-state index contributed by atoms with van der Waals surface area (Å²) < 4.78 is 0. The highest BCUT2D eigenvalue weighted by Crippen LogP contribution is 2.25. The van der Waals surface area contributed by atoms with Crippen LogP contribution in [-0.2, 0) is 4.79 Å². The Bertz CT molecular complexity index is 852. The number of Topliss-reactive ketones (excluding diaryl/α,β-unsaturated/α-hetero) is 1. The van der Waals surface area contributed by atoms with Crippen LogP contribution in [-0.4, -0.2) is 34.4 Å². The van der Waals surface area contributed by atoms with Crippen LogP contribution in [0.2, 0.25) is 0 Å². The minimum atomic E-state index is -0.958. The number of hydrogen-bond acceptors (Lipinski definition) is 4. The van der Waals surface area contributed by atoms with Crippen molar-refractivity contribution in [1.82, 2.24) is 4.90 Å². The fraction of sp³-hybridized carbons (Fsp3) is 0.158. The lowest BCUT2D eigenvalue weighted by Gasteiger charge is -2.21. The standard InChI is InChI=1S/C19H16N2O4/c1-11(17(23)20-14-9-7-13(8-10-14)12(2)22)21-18(24)15-5-3-4-6-16(15)19(21)25/h3-11H,1-2H3,(H,20,23). The minimum Gasteiger partial charge on any atom is -0.324 e. The zero-order chi connectivity index (χ0) is 18.1. The maximum atomic E-state index is 12.4. The summed E-state index contributed by atoms with van der Waals surface area (Å²) in [7, 11) is 0. The van der Waals surface area contributed by atoms with Gasteiger partial charge in [0.15, 0.2) is 5.78 Å². The molecule has 1 heterocycles. The first-order valence-corrected chi connectivity index (χ1v) is 7.79. The quantitative estimate of drug-likeness (QED) is 0.687. The van der Waals surface area contributed by atoms with E-state index in [1.165, 1.54) is 13.8 Å². The molecule has 0 saturated heterocycles. The second kappa shape index (κ2) is 6.32. The summed E-state index contributed by atoms with van der Waals surface area (Å²) in [6, 6.07) is 11.9. The van der Waals surface area contributed by atoms with E-state index in [-0.39, 0.29) is 5.78 Å². The summed E-state index contributed by atoms with van der Waals surface area (Å²) in [5, 5.41) is 2.66. The SMILES string of the molecule is CC(=O)c1ccc(NC(=O)C(C)N2C(=O)c3ccccc3C2=O)cc1. The van der Waals surface area contributed by atoms with Crippen molar-refractivity contribution in [3.05, 3.63) is 65.2 Å². The number of nitrogens with one attached hydrogen (secondary N) is 1. The van der Waals surface area contributed by atoms with Gasteiger partial charge < -0.3 is 5.32 Å². The summed E-state index contributed by atoms with van der Waals surface area (Å²) >= 11 is 0. The molecule has 0 spiro atoms. The number of rotatable bonds is 4. The molecule has 0 bridgehead atoms. The van der Waals surface area contributed by atoms with Crippen LogP contribution in [0.15, 0.2) is 48.5 Å². The summed E-state index contributed by atoms with van der Waals surface area (Å²) in [5.74, 6) is -1.51. The van der Waals surface area contributed by atoms with Crippen molar-refractivity contribution in [2.45, 2.75) is 19.9 Å². The molecule has 0 aliphatic carbocycles. The van der Waals surface area contributed by atoms with Crippen LogP contribution in [0.5, 0.6) is 0 Å². The van der Waals surface area contributed by atoms with Crippen molar-refractivity contribution >= 4 is 29.2 Å². The van der Waals surface area contributed by atoms with E-state index in [2.05, 4.69) is 5.32 Å². The molecule has 6 nitrogen and oxygen atoms in total. The Labute approximate surface area is 144 Å². The van der Waals surface area contributed by atoms with Crippen LogP contribution in [0.3, 0.4) is 0 Å². The fourth-order valence-electron chi connectivity index (χ4n) is 2.71. The molecule has 1 aliphatic rings. The number of amides is 3. The van der Waals surface area contributed by atoms with Crippen LogP contribution in [0.1, 0.15) is 44.9 Å². The predicted molar refractivity (Wildman–Crippen MR) is 91.5 cm³/mol. The van der Waals surface area contributed by atoms with E-state index in [4.69, 9.17) is 0 Å². The molecule has 1 atom stereocenters. The average Bonchev–Trinajstić information content (AvgIpc) is 2.86. The zero-order valence-corrected chi connectivity index (χ0v) is 13.8. The summed E-state index contributed by atoms with van der Waals surface area (Å²) in [4.78, 5) is 49.5. The number of ketones is 1. The van der Waals surface area contributed by atoms with Crippen LogP contribution >= 0.6 is 0 Å². The van der Waals surface area contributed by atoms with Gasteiger partial charge in [0.05, 0.1) is 11.1 Å². The van der Waals surface area contributed by atoms with Gasteiger partial charge in [0.1, 0.15) is 6.04 Å². The Morgan fingerprint density at radius 1 is 0.920 bits per heavy atom. The Hall–Kier alpha value is -3.28. The Kier molecular flexibility index (Phi) is 4.19. The van der Waals surface area contributed by atoms with E-state index in [1.54, 1.807) is 48.5 Å². The van der Waals surface area contributed by atoms with Gasteiger partial charge in [0.25, 0.3) is 11.8 Å². The molecule has 25 heavy (non-hydrogen) atoms. The molecule has 0 radical (unpaired) electrons. The van der Waals surface area contributed by atoms with Gasteiger partial charge in [-0.15, -0.1) is 0 Å². The van der Waals surface area contributed by atoms with Gasteiger partial charge in [-0.3, -0.25) is 24.1 Å². The maximum absolute atomic E-state index is 12.4. The number of anilines is 1. The van der Waals surface area contributed by atoms with Crippen molar-refractivity contribution in [3.63, 3.8) is 0 Å². The molecule has 0 aromatic heterocycles. The number of imide groups is 1. The van der Waals surface area contributed by atoms with E-state index >= 15 is 0 Å². The van der Waals surface area contributed by atoms with Gasteiger partial charge in [-0.2, -0.15) is 0 Å². The molecule has 126 valence electrons. The highest BCUT2D eigenvalue weighted by molar-refractivity contribution is 6.23. The molecule has 3 rings (SSSR count). The second-order valence-electron chi connectivity index (χ2n) is 5.82. The largest absolute Gasteiger partial charge is 0.324 e. The van der Waals surface area contributed by atoms with Crippen molar-refractivity contribution in [1.29, 1.82) is 0 Å². The first kappa shape index (κ1) is 16.6. The van der Waals surface area contributed by atoms with Gasteiger partial charge in [-0.25, -0.2) is 0 Å². The Morgan fingerprint density at radius 3 is 1.92 bits per heavy atom. The predicted octanol–water partition coefficient (Wildman–Crippen LogP) is 2.51. The van der Waals surface area contributed by atoms with E-state index in [1.807, 2.05) is 0 Å². The third-order valence-electron chi connectivity index (χ3n) is 4.15. The molecule has 6 heteroatoms. The van der Waals surface area contributed by atoms with Gasteiger partial charge in [0, 0.05) is 11.3 Å². The molecule has 2 aromatic rings. The molecule has 1 aliphatic heterocycles. The fourth-order valence-corrected chi connectivity index (χ4v) is 2.71. The molecule has 2 aromatic carbocycles. The summed E-state index contributed by atoms with van der Waals surface area (Å²) in [6.45, 7) is 2.96. The van der Waals surface area contributed by atoms with Crippen LogP contribution in [0, 0.1) is 0 Å². The van der Waals surface area contributed by atoms with Gasteiger partial charge in [-0.1, -0.05) is 12.1 Å². The van der Waals surface area contributed by atoms with E-state index in [0.29, 0.717) is 22.4 Å². The van der Waals surface area contributed by atoms with Crippen molar-refractivity contribution in [2.75, 3.05) is 5.32 Å². The topological polar surface area (TPSA) is 83.6 Å². The molecule has 3 amide bonds. The van der Waals surface area contributed by atoms with Crippen molar-refractivity contribution in [3.8, 4) is 0 Å². The van der Waals surface area contributed by atoms with Crippen molar-refractivity contribution < 1.29 is 19.2 Å². The monoisotopic (exact) mass is 336 g/mol. The lowest BCUT2D eigenvalue weighted by Crippen LogP contribution is -2.45. The third-order valence-corrected chi connectivity index (χ3v) is 4.15. The molecule has 0 saturated carbocycles. The molecular formula is C19H16N2O4. The van der Waals surface area contributed by atoms with Gasteiger partial charge >= 0.3 is 0 Å². The lowest BCUT2D eigenvalue weighted by molar-refractivity contribution is -0.119. The number of nitrogens with zero attached hydrogens (tertiary/aromatic N) is 1. The van der Waals surface area contributed by atoms with Gasteiger partial charge in [-0.05, 0) is 50.2 Å². The molecule has 0 fully saturated rings. The first-order valence-electron chi connectivity index (χ1n) is 7.79. The second-order valence-corrected chi connectivity index (χ2v) is 5.82. The molecule has 1 N–H and O–H groups in total. The number of carbonyl (C=O) groups excluding carboxylic acids is 4. The number of fused-ring (bicyclic) bond motifs is 1.